The van der Waals surface area contributed by atoms with Gasteiger partial charge in [-0.1, -0.05) is 12.1 Å². The van der Waals surface area contributed by atoms with Gasteiger partial charge < -0.3 is 10.6 Å². The van der Waals surface area contributed by atoms with E-state index < -0.39 is 0 Å². The molecule has 0 saturated heterocycles. The highest BCUT2D eigenvalue weighted by Gasteiger charge is 2.12. The van der Waals surface area contributed by atoms with Crippen molar-refractivity contribution in [2.45, 2.75) is 6.92 Å². The standard InChI is InChI=1S/C25H19N7O2/c1-16(33)27-20-7-5-18(6-8-20)25(34)28-21-4-2-3-19(15-21)22-9-10-23-29-30-24(32(23)31-22)17-11-13-26-14-12-17/h2-15H,1H3,(H,27,33)(H,28,34). The first-order valence-electron chi connectivity index (χ1n) is 10.5. The molecule has 2 aromatic carbocycles. The molecule has 0 radical (unpaired) electrons. The Bertz CT molecular complexity index is 1500. The summed E-state index contributed by atoms with van der Waals surface area (Å²) in [6, 6.07) is 21.5. The van der Waals surface area contributed by atoms with E-state index >= 15 is 0 Å². The second-order valence-electron chi connectivity index (χ2n) is 7.54. The third-order valence-corrected chi connectivity index (χ3v) is 5.08. The molecule has 166 valence electrons. The van der Waals surface area contributed by atoms with Crippen LogP contribution in [0.15, 0.2) is 85.2 Å². The van der Waals surface area contributed by atoms with Crippen LogP contribution in [0.1, 0.15) is 17.3 Å². The Hall–Kier alpha value is -4.92. The van der Waals surface area contributed by atoms with Gasteiger partial charge in [0, 0.05) is 47.4 Å². The summed E-state index contributed by atoms with van der Waals surface area (Å²) in [6.45, 7) is 1.43. The number of anilines is 2. The molecular formula is C25H19N7O2. The van der Waals surface area contributed by atoms with Crippen LogP contribution in [-0.2, 0) is 4.79 Å². The Kier molecular flexibility index (Phi) is 5.49. The SMILES string of the molecule is CC(=O)Nc1ccc(C(=O)Nc2cccc(-c3ccc4nnc(-c5ccncc5)n4n3)c2)cc1. The van der Waals surface area contributed by atoms with E-state index in [9.17, 15) is 9.59 Å². The van der Waals surface area contributed by atoms with E-state index in [1.165, 1.54) is 6.92 Å². The van der Waals surface area contributed by atoms with E-state index in [2.05, 4.69) is 25.8 Å². The lowest BCUT2D eigenvalue weighted by Crippen LogP contribution is -2.12. The van der Waals surface area contributed by atoms with Gasteiger partial charge >= 0.3 is 0 Å². The molecule has 9 heteroatoms. The minimum Gasteiger partial charge on any atom is -0.326 e. The van der Waals surface area contributed by atoms with Crippen molar-refractivity contribution in [1.29, 1.82) is 0 Å². The first-order chi connectivity index (χ1) is 16.6. The molecule has 2 N–H and O–H groups in total. The van der Waals surface area contributed by atoms with Crippen LogP contribution in [0.5, 0.6) is 0 Å². The molecule has 5 aromatic rings. The van der Waals surface area contributed by atoms with Crippen molar-refractivity contribution in [3.8, 4) is 22.6 Å². The molecule has 2 amide bonds. The van der Waals surface area contributed by atoms with E-state index in [0.29, 0.717) is 34.1 Å². The number of aromatic nitrogens is 5. The van der Waals surface area contributed by atoms with Crippen LogP contribution >= 0.6 is 0 Å². The molecule has 0 fully saturated rings. The van der Waals surface area contributed by atoms with Gasteiger partial charge in [0.1, 0.15) is 0 Å². The fourth-order valence-electron chi connectivity index (χ4n) is 3.49. The van der Waals surface area contributed by atoms with Gasteiger partial charge in [0.05, 0.1) is 5.69 Å². The van der Waals surface area contributed by atoms with Crippen molar-refractivity contribution < 1.29 is 9.59 Å². The highest BCUT2D eigenvalue weighted by atomic mass is 16.2. The van der Waals surface area contributed by atoms with Crippen LogP contribution in [0.3, 0.4) is 0 Å². The van der Waals surface area contributed by atoms with Crippen molar-refractivity contribution in [2.75, 3.05) is 10.6 Å². The third-order valence-electron chi connectivity index (χ3n) is 5.08. The Morgan fingerprint density at radius 3 is 2.35 bits per heavy atom. The van der Waals surface area contributed by atoms with E-state index in [1.54, 1.807) is 41.2 Å². The highest BCUT2D eigenvalue weighted by Crippen LogP contribution is 2.24. The molecule has 34 heavy (non-hydrogen) atoms. The predicted molar refractivity (Wildman–Crippen MR) is 128 cm³/mol. The number of carbonyl (C=O) groups excluding carboxylic acids is 2. The normalized spacial score (nSPS) is 10.7. The lowest BCUT2D eigenvalue weighted by Gasteiger charge is -2.09. The number of amides is 2. The zero-order valence-electron chi connectivity index (χ0n) is 18.1. The summed E-state index contributed by atoms with van der Waals surface area (Å²) < 4.78 is 1.69. The molecule has 0 spiro atoms. The van der Waals surface area contributed by atoms with Gasteiger partial charge in [-0.3, -0.25) is 14.6 Å². The molecule has 0 unspecified atom stereocenters. The summed E-state index contributed by atoms with van der Waals surface area (Å²) >= 11 is 0. The summed E-state index contributed by atoms with van der Waals surface area (Å²) in [5.41, 5.74) is 4.76. The van der Waals surface area contributed by atoms with Gasteiger partial charge in [0.2, 0.25) is 5.91 Å². The zero-order valence-corrected chi connectivity index (χ0v) is 18.1. The largest absolute Gasteiger partial charge is 0.326 e. The number of nitrogens with one attached hydrogen (secondary N) is 2. The maximum Gasteiger partial charge on any atom is 0.255 e. The van der Waals surface area contributed by atoms with Crippen molar-refractivity contribution in [2.24, 2.45) is 0 Å². The maximum atomic E-state index is 12.7. The number of hydrogen-bond acceptors (Lipinski definition) is 6. The van der Waals surface area contributed by atoms with Crippen molar-refractivity contribution in [3.63, 3.8) is 0 Å². The van der Waals surface area contributed by atoms with Crippen LogP contribution in [0.2, 0.25) is 0 Å². The van der Waals surface area contributed by atoms with Crippen LogP contribution < -0.4 is 10.6 Å². The topological polar surface area (TPSA) is 114 Å². The minimum atomic E-state index is -0.256. The first kappa shape index (κ1) is 21.0. The smallest absolute Gasteiger partial charge is 0.255 e. The number of hydrogen-bond donors (Lipinski definition) is 2. The first-order valence-corrected chi connectivity index (χ1v) is 10.5. The van der Waals surface area contributed by atoms with Crippen LogP contribution in [0, 0.1) is 0 Å². The Labute approximate surface area is 194 Å². The lowest BCUT2D eigenvalue weighted by molar-refractivity contribution is -0.114. The molecular weight excluding hydrogens is 430 g/mol. The summed E-state index contributed by atoms with van der Waals surface area (Å²) in [4.78, 5) is 27.9. The molecule has 5 rings (SSSR count). The quantitative estimate of drug-likeness (QED) is 0.418. The number of carbonyl (C=O) groups is 2. The molecule has 0 bridgehead atoms. The van der Waals surface area contributed by atoms with Crippen LogP contribution in [-0.4, -0.2) is 36.6 Å². The molecule has 0 aliphatic carbocycles. The number of nitrogens with zero attached hydrogens (tertiary/aromatic N) is 5. The van der Waals surface area contributed by atoms with E-state index in [4.69, 9.17) is 5.10 Å². The molecule has 0 aliphatic heterocycles. The van der Waals surface area contributed by atoms with E-state index in [1.807, 2.05) is 48.5 Å². The third kappa shape index (κ3) is 4.35. The van der Waals surface area contributed by atoms with Gasteiger partial charge in [-0.2, -0.15) is 9.61 Å². The molecule has 9 nitrogen and oxygen atoms in total. The Morgan fingerprint density at radius 2 is 1.59 bits per heavy atom. The number of fused-ring (bicyclic) bond motifs is 1. The molecule has 0 atom stereocenters. The zero-order chi connectivity index (χ0) is 23.5. The number of rotatable bonds is 5. The molecule has 3 aromatic heterocycles. The number of pyridine rings is 1. The van der Waals surface area contributed by atoms with Gasteiger partial charge in [0.25, 0.3) is 5.91 Å². The summed E-state index contributed by atoms with van der Waals surface area (Å²) in [7, 11) is 0. The van der Waals surface area contributed by atoms with E-state index in [-0.39, 0.29) is 11.8 Å². The average Bonchev–Trinajstić information content (AvgIpc) is 3.28. The van der Waals surface area contributed by atoms with Gasteiger partial charge in [-0.05, 0) is 60.7 Å². The van der Waals surface area contributed by atoms with Gasteiger partial charge in [-0.15, -0.1) is 10.2 Å². The maximum absolute atomic E-state index is 12.7. The lowest BCUT2D eigenvalue weighted by atomic mass is 10.1. The predicted octanol–water partition coefficient (Wildman–Crippen LogP) is 4.06. The van der Waals surface area contributed by atoms with Gasteiger partial charge in [-0.25, -0.2) is 0 Å². The fourth-order valence-corrected chi connectivity index (χ4v) is 3.49. The molecule has 3 heterocycles. The second kappa shape index (κ2) is 8.91. The highest BCUT2D eigenvalue weighted by molar-refractivity contribution is 6.04. The summed E-state index contributed by atoms with van der Waals surface area (Å²) in [5, 5.41) is 18.8. The average molecular weight is 449 g/mol. The summed E-state index contributed by atoms with van der Waals surface area (Å²) in [6.07, 6.45) is 3.39. The van der Waals surface area contributed by atoms with Crippen molar-refractivity contribution in [1.82, 2.24) is 24.8 Å². The Balaban J connectivity index is 1.39. The Morgan fingerprint density at radius 1 is 0.794 bits per heavy atom. The number of benzene rings is 2. The van der Waals surface area contributed by atoms with Crippen LogP contribution in [0.25, 0.3) is 28.3 Å². The van der Waals surface area contributed by atoms with Crippen molar-refractivity contribution in [3.05, 3.63) is 90.8 Å². The molecule has 0 aliphatic rings. The minimum absolute atomic E-state index is 0.166. The monoisotopic (exact) mass is 449 g/mol. The second-order valence-corrected chi connectivity index (χ2v) is 7.54. The fraction of sp³-hybridized carbons (Fsp3) is 0.0400. The van der Waals surface area contributed by atoms with E-state index in [0.717, 1.165) is 11.1 Å². The van der Waals surface area contributed by atoms with Crippen LogP contribution in [0.4, 0.5) is 11.4 Å². The summed E-state index contributed by atoms with van der Waals surface area (Å²) in [5.74, 6) is 0.195. The molecule has 0 saturated carbocycles. The van der Waals surface area contributed by atoms with Gasteiger partial charge in [0.15, 0.2) is 11.5 Å². The van der Waals surface area contributed by atoms with Crippen molar-refractivity contribution >= 4 is 28.8 Å².